The van der Waals surface area contributed by atoms with Gasteiger partial charge in [0.2, 0.25) is 5.91 Å². The van der Waals surface area contributed by atoms with Crippen LogP contribution in [0.15, 0.2) is 24.3 Å². The van der Waals surface area contributed by atoms with Gasteiger partial charge in [-0.05, 0) is 49.3 Å². The van der Waals surface area contributed by atoms with Gasteiger partial charge in [-0.3, -0.25) is 9.69 Å². The number of aryl methyl sites for hydroxylation is 1. The third-order valence-corrected chi connectivity index (χ3v) is 5.78. The molecule has 2 bridgehead atoms. The van der Waals surface area contributed by atoms with Gasteiger partial charge in [0.15, 0.2) is 0 Å². The third-order valence-electron chi connectivity index (χ3n) is 5.78. The maximum Gasteiger partial charge on any atom is 0.222 e. The van der Waals surface area contributed by atoms with E-state index in [0.717, 1.165) is 51.4 Å². The average Bonchev–Trinajstić information content (AvgIpc) is 2.99. The summed E-state index contributed by atoms with van der Waals surface area (Å²) in [5.74, 6) is 1.82. The smallest absolute Gasteiger partial charge is 0.222 e. The molecular weight excluding hydrogens is 328 g/mol. The number of carbonyl (C=O) groups is 1. The molecule has 0 spiro atoms. The monoisotopic (exact) mass is 360 g/mol. The quantitative estimate of drug-likeness (QED) is 0.715. The van der Waals surface area contributed by atoms with E-state index in [0.29, 0.717) is 24.3 Å². The van der Waals surface area contributed by atoms with Crippen LogP contribution in [0, 0.1) is 5.92 Å². The Morgan fingerprint density at radius 2 is 1.92 bits per heavy atom. The van der Waals surface area contributed by atoms with Crippen molar-refractivity contribution in [2.75, 3.05) is 47.0 Å². The van der Waals surface area contributed by atoms with Gasteiger partial charge < -0.3 is 14.4 Å². The number of rotatable bonds is 8. The number of nitrogens with zero attached hydrogens (tertiary/aromatic N) is 2. The lowest BCUT2D eigenvalue weighted by atomic mass is 9.95. The maximum absolute atomic E-state index is 12.7. The number of carbonyl (C=O) groups excluding carboxylic acids is 1. The fraction of sp³-hybridized carbons (Fsp3) is 0.667. The second-order valence-electron chi connectivity index (χ2n) is 7.59. The molecule has 3 saturated heterocycles. The number of amides is 1. The molecule has 0 unspecified atom stereocenters. The zero-order valence-electron chi connectivity index (χ0n) is 16.2. The van der Waals surface area contributed by atoms with E-state index < -0.39 is 0 Å². The van der Waals surface area contributed by atoms with E-state index in [1.807, 2.05) is 12.1 Å². The topological polar surface area (TPSA) is 42.0 Å². The van der Waals surface area contributed by atoms with Crippen LogP contribution in [0.2, 0.25) is 0 Å². The van der Waals surface area contributed by atoms with E-state index in [2.05, 4.69) is 21.9 Å². The minimum Gasteiger partial charge on any atom is -0.497 e. The fourth-order valence-corrected chi connectivity index (χ4v) is 4.26. The van der Waals surface area contributed by atoms with Gasteiger partial charge in [0.05, 0.1) is 13.7 Å². The van der Waals surface area contributed by atoms with Gasteiger partial charge >= 0.3 is 0 Å². The Bertz CT molecular complexity index is 575. The van der Waals surface area contributed by atoms with E-state index in [-0.39, 0.29) is 0 Å². The number of hydrogen-bond donors (Lipinski definition) is 0. The van der Waals surface area contributed by atoms with Crippen LogP contribution < -0.4 is 4.74 Å². The molecule has 4 rings (SSSR count). The highest BCUT2D eigenvalue weighted by Gasteiger charge is 2.35. The van der Waals surface area contributed by atoms with E-state index in [4.69, 9.17) is 9.47 Å². The van der Waals surface area contributed by atoms with Crippen molar-refractivity contribution in [1.82, 2.24) is 9.80 Å². The second kappa shape index (κ2) is 9.38. The Morgan fingerprint density at radius 1 is 1.12 bits per heavy atom. The number of piperidine rings is 1. The number of hydrogen-bond acceptors (Lipinski definition) is 4. The lowest BCUT2D eigenvalue weighted by Gasteiger charge is -2.35. The summed E-state index contributed by atoms with van der Waals surface area (Å²) < 4.78 is 10.4. The van der Waals surface area contributed by atoms with Crippen LogP contribution in [0.25, 0.3) is 0 Å². The first-order valence-corrected chi connectivity index (χ1v) is 9.83. The molecule has 144 valence electrons. The van der Waals surface area contributed by atoms with Crippen molar-refractivity contribution in [1.29, 1.82) is 0 Å². The van der Waals surface area contributed by atoms with Gasteiger partial charge in [-0.2, -0.15) is 0 Å². The SMILES string of the molecule is COCCN1C[C@H]2CC[C@@H]1CN(C(=O)CCCc1ccc(OC)cc1)C2. The second-order valence-corrected chi connectivity index (χ2v) is 7.59. The molecule has 1 aromatic rings. The molecule has 3 aliphatic heterocycles. The molecule has 5 nitrogen and oxygen atoms in total. The first-order chi connectivity index (χ1) is 12.7. The standard InChI is InChI=1S/C21H32N2O3/c1-25-13-12-22-14-18-6-9-19(22)16-23(15-18)21(24)5-3-4-17-7-10-20(26-2)11-8-17/h7-8,10-11,18-19H,3-6,9,12-16H2,1-2H3/t18-,19-/m1/s1. The van der Waals surface area contributed by atoms with E-state index in [9.17, 15) is 4.79 Å². The Kier molecular flexibility index (Phi) is 6.92. The summed E-state index contributed by atoms with van der Waals surface area (Å²) in [5, 5.41) is 0. The Hall–Kier alpha value is -1.59. The molecule has 1 amide bonds. The predicted octanol–water partition coefficient (Wildman–Crippen LogP) is 2.59. The summed E-state index contributed by atoms with van der Waals surface area (Å²) in [6.45, 7) is 4.70. The number of fused-ring (bicyclic) bond motifs is 4. The van der Waals surface area contributed by atoms with E-state index in [1.165, 1.54) is 18.4 Å². The van der Waals surface area contributed by atoms with Crippen molar-refractivity contribution in [3.8, 4) is 5.75 Å². The molecule has 0 aromatic heterocycles. The van der Waals surface area contributed by atoms with E-state index >= 15 is 0 Å². The van der Waals surface area contributed by atoms with Crippen LogP contribution in [0.1, 0.15) is 31.2 Å². The minimum absolute atomic E-state index is 0.323. The molecular formula is C21H32N2O3. The van der Waals surface area contributed by atoms with Crippen LogP contribution in [-0.2, 0) is 16.0 Å². The van der Waals surface area contributed by atoms with Gasteiger partial charge in [-0.1, -0.05) is 12.1 Å². The summed E-state index contributed by atoms with van der Waals surface area (Å²) in [5.41, 5.74) is 1.26. The first kappa shape index (κ1) is 19.2. The summed E-state index contributed by atoms with van der Waals surface area (Å²) >= 11 is 0. The van der Waals surface area contributed by atoms with Crippen LogP contribution in [-0.4, -0.2) is 68.8 Å². The van der Waals surface area contributed by atoms with Crippen LogP contribution in [0.4, 0.5) is 0 Å². The third kappa shape index (κ3) is 4.98. The van der Waals surface area contributed by atoms with Gasteiger partial charge in [0.25, 0.3) is 0 Å². The summed E-state index contributed by atoms with van der Waals surface area (Å²) in [4.78, 5) is 17.4. The Labute approximate surface area is 157 Å². The minimum atomic E-state index is 0.323. The normalized spacial score (nSPS) is 23.1. The summed E-state index contributed by atoms with van der Waals surface area (Å²) in [6.07, 6.45) is 4.96. The van der Waals surface area contributed by atoms with Crippen LogP contribution in [0.5, 0.6) is 5.75 Å². The highest BCUT2D eigenvalue weighted by molar-refractivity contribution is 5.76. The molecule has 0 aliphatic carbocycles. The van der Waals surface area contributed by atoms with Crippen LogP contribution in [0.3, 0.4) is 0 Å². The Morgan fingerprint density at radius 3 is 2.65 bits per heavy atom. The summed E-state index contributed by atoms with van der Waals surface area (Å²) in [7, 11) is 3.44. The van der Waals surface area contributed by atoms with Crippen molar-refractivity contribution in [2.24, 2.45) is 5.92 Å². The molecule has 1 aromatic carbocycles. The number of methoxy groups -OCH3 is 2. The lowest BCUT2D eigenvalue weighted by Crippen LogP contribution is -2.45. The molecule has 3 aliphatic rings. The van der Waals surface area contributed by atoms with Crippen molar-refractivity contribution < 1.29 is 14.3 Å². The molecule has 5 heteroatoms. The molecule has 3 heterocycles. The molecule has 3 fully saturated rings. The molecule has 26 heavy (non-hydrogen) atoms. The fourth-order valence-electron chi connectivity index (χ4n) is 4.26. The Balaban J connectivity index is 1.47. The molecule has 0 saturated carbocycles. The first-order valence-electron chi connectivity index (χ1n) is 9.83. The molecule has 2 atom stereocenters. The zero-order chi connectivity index (χ0) is 18.4. The zero-order valence-corrected chi connectivity index (χ0v) is 16.2. The maximum atomic E-state index is 12.7. The van der Waals surface area contributed by atoms with Gasteiger partial charge in [-0.25, -0.2) is 0 Å². The number of benzene rings is 1. The van der Waals surface area contributed by atoms with Crippen molar-refractivity contribution in [3.05, 3.63) is 29.8 Å². The largest absolute Gasteiger partial charge is 0.497 e. The molecule has 0 radical (unpaired) electrons. The van der Waals surface area contributed by atoms with Gasteiger partial charge in [0.1, 0.15) is 5.75 Å². The van der Waals surface area contributed by atoms with Gasteiger partial charge in [-0.15, -0.1) is 0 Å². The van der Waals surface area contributed by atoms with Crippen LogP contribution >= 0.6 is 0 Å². The van der Waals surface area contributed by atoms with Gasteiger partial charge in [0, 0.05) is 45.8 Å². The lowest BCUT2D eigenvalue weighted by molar-refractivity contribution is -0.131. The van der Waals surface area contributed by atoms with Crippen molar-refractivity contribution >= 4 is 5.91 Å². The highest BCUT2D eigenvalue weighted by atomic mass is 16.5. The predicted molar refractivity (Wildman–Crippen MR) is 102 cm³/mol. The number of ether oxygens (including phenoxy) is 2. The highest BCUT2D eigenvalue weighted by Crippen LogP contribution is 2.28. The van der Waals surface area contributed by atoms with Crippen molar-refractivity contribution in [2.45, 2.75) is 38.1 Å². The van der Waals surface area contributed by atoms with Crippen molar-refractivity contribution in [3.63, 3.8) is 0 Å². The average molecular weight is 360 g/mol. The van der Waals surface area contributed by atoms with E-state index in [1.54, 1.807) is 14.2 Å². The summed E-state index contributed by atoms with van der Waals surface area (Å²) in [6, 6.07) is 8.65. The molecule has 0 N–H and O–H groups in total.